The van der Waals surface area contributed by atoms with Crippen LogP contribution in [0.2, 0.25) is 0 Å². The second kappa shape index (κ2) is 8.95. The van der Waals surface area contributed by atoms with Crippen LogP contribution in [0, 0.1) is 0 Å². The van der Waals surface area contributed by atoms with Crippen LogP contribution in [-0.4, -0.2) is 43.5 Å². The number of rotatable bonds is 8. The fraction of sp³-hybridized carbons (Fsp3) is 0.167. The summed E-state index contributed by atoms with van der Waals surface area (Å²) < 4.78 is 7.00. The van der Waals surface area contributed by atoms with Crippen molar-refractivity contribution >= 4 is 23.4 Å². The summed E-state index contributed by atoms with van der Waals surface area (Å²) in [5.41, 5.74) is 1.28. The van der Waals surface area contributed by atoms with Crippen LogP contribution in [-0.2, 0) is 11.3 Å². The number of nitrogens with one attached hydrogen (secondary N) is 1. The van der Waals surface area contributed by atoms with E-state index in [0.717, 1.165) is 0 Å². The summed E-state index contributed by atoms with van der Waals surface area (Å²) >= 11 is 1.29. The van der Waals surface area contributed by atoms with E-state index in [1.54, 1.807) is 43.9 Å². The first-order chi connectivity index (χ1) is 13.2. The van der Waals surface area contributed by atoms with E-state index >= 15 is 0 Å². The number of hydrogen-bond acceptors (Lipinski definition) is 7. The number of aromatic nitrogens is 5. The topological polar surface area (TPSA) is 94.8 Å². The fourth-order valence-corrected chi connectivity index (χ4v) is 3.07. The molecule has 0 saturated heterocycles. The van der Waals surface area contributed by atoms with Crippen LogP contribution in [0.1, 0.15) is 0 Å². The Hall–Kier alpha value is -3.20. The number of benzene rings is 1. The number of methoxy groups -OCH3 is 1. The molecule has 0 bridgehead atoms. The van der Waals surface area contributed by atoms with Crippen LogP contribution in [0.15, 0.2) is 60.7 Å². The molecule has 2 aromatic heterocycles. The van der Waals surface area contributed by atoms with Crippen molar-refractivity contribution in [2.75, 3.05) is 18.2 Å². The van der Waals surface area contributed by atoms with Gasteiger partial charge in [0.25, 0.3) is 0 Å². The monoisotopic (exact) mass is 382 g/mol. The third-order valence-corrected chi connectivity index (χ3v) is 4.47. The lowest BCUT2D eigenvalue weighted by Crippen LogP contribution is -2.14. The smallest absolute Gasteiger partial charge is 0.234 e. The highest BCUT2D eigenvalue weighted by Crippen LogP contribution is 2.23. The summed E-state index contributed by atoms with van der Waals surface area (Å²) in [4.78, 5) is 20.6. The fourth-order valence-electron chi connectivity index (χ4n) is 2.32. The molecule has 0 aliphatic heterocycles. The zero-order chi connectivity index (χ0) is 19.1. The minimum Gasteiger partial charge on any atom is -0.497 e. The van der Waals surface area contributed by atoms with Crippen LogP contribution < -0.4 is 10.1 Å². The third-order valence-electron chi connectivity index (χ3n) is 3.51. The van der Waals surface area contributed by atoms with Gasteiger partial charge in [0, 0.05) is 30.7 Å². The lowest BCUT2D eigenvalue weighted by molar-refractivity contribution is -0.113. The van der Waals surface area contributed by atoms with Gasteiger partial charge in [0.2, 0.25) is 5.91 Å². The zero-order valence-electron chi connectivity index (χ0n) is 14.7. The van der Waals surface area contributed by atoms with Crippen molar-refractivity contribution in [2.45, 2.75) is 11.7 Å². The number of carbonyl (C=O) groups is 1. The standard InChI is InChI=1S/C18H18N6O2S/c1-3-9-24-17(15-11-19-7-8-20-15)22-23-18(24)27-12-16(25)21-13-5-4-6-14(10-13)26-2/h3-8,10-11H,1,9,12H2,2H3,(H,21,25). The van der Waals surface area contributed by atoms with Crippen LogP contribution in [0.25, 0.3) is 11.5 Å². The van der Waals surface area contributed by atoms with E-state index < -0.39 is 0 Å². The Kier molecular flexibility index (Phi) is 6.16. The van der Waals surface area contributed by atoms with Crippen molar-refractivity contribution < 1.29 is 9.53 Å². The van der Waals surface area contributed by atoms with E-state index in [1.807, 2.05) is 16.7 Å². The molecule has 0 radical (unpaired) electrons. The summed E-state index contributed by atoms with van der Waals surface area (Å²) in [5, 5.41) is 11.8. The lowest BCUT2D eigenvalue weighted by Gasteiger charge is -2.08. The molecular weight excluding hydrogens is 364 g/mol. The van der Waals surface area contributed by atoms with Crippen LogP contribution >= 0.6 is 11.8 Å². The molecule has 0 atom stereocenters. The number of anilines is 1. The van der Waals surface area contributed by atoms with Gasteiger partial charge >= 0.3 is 0 Å². The van der Waals surface area contributed by atoms with E-state index in [4.69, 9.17) is 4.74 Å². The molecule has 1 amide bonds. The highest BCUT2D eigenvalue weighted by Gasteiger charge is 2.16. The number of amides is 1. The summed E-state index contributed by atoms with van der Waals surface area (Å²) in [6, 6.07) is 7.19. The number of thioether (sulfide) groups is 1. The van der Waals surface area contributed by atoms with Gasteiger partial charge in [-0.15, -0.1) is 16.8 Å². The molecule has 0 aliphatic rings. The van der Waals surface area contributed by atoms with Gasteiger partial charge in [0.1, 0.15) is 11.4 Å². The lowest BCUT2D eigenvalue weighted by atomic mass is 10.3. The molecule has 138 valence electrons. The van der Waals surface area contributed by atoms with Crippen molar-refractivity contribution in [3.63, 3.8) is 0 Å². The molecule has 9 heteroatoms. The number of nitrogens with zero attached hydrogens (tertiary/aromatic N) is 5. The maximum atomic E-state index is 12.3. The van der Waals surface area contributed by atoms with Crippen molar-refractivity contribution in [1.29, 1.82) is 0 Å². The summed E-state index contributed by atoms with van der Waals surface area (Å²) in [7, 11) is 1.58. The van der Waals surface area contributed by atoms with Gasteiger partial charge in [-0.3, -0.25) is 14.3 Å². The zero-order valence-corrected chi connectivity index (χ0v) is 15.5. The molecule has 0 fully saturated rings. The molecule has 0 saturated carbocycles. The molecule has 3 aromatic rings. The van der Waals surface area contributed by atoms with Gasteiger partial charge in [0.15, 0.2) is 11.0 Å². The maximum Gasteiger partial charge on any atom is 0.234 e. The van der Waals surface area contributed by atoms with Crippen molar-refractivity contribution in [1.82, 2.24) is 24.7 Å². The minimum atomic E-state index is -0.151. The summed E-state index contributed by atoms with van der Waals surface area (Å²) in [6.07, 6.45) is 6.55. The van der Waals surface area contributed by atoms with Crippen LogP contribution in [0.4, 0.5) is 5.69 Å². The van der Waals surface area contributed by atoms with Crippen molar-refractivity contribution in [2.24, 2.45) is 0 Å². The first-order valence-corrected chi connectivity index (χ1v) is 9.07. The van der Waals surface area contributed by atoms with E-state index in [-0.39, 0.29) is 11.7 Å². The highest BCUT2D eigenvalue weighted by atomic mass is 32.2. The second-order valence-corrected chi connectivity index (χ2v) is 6.31. The quantitative estimate of drug-likeness (QED) is 0.473. The van der Waals surface area contributed by atoms with Gasteiger partial charge in [-0.25, -0.2) is 4.98 Å². The molecule has 3 rings (SSSR count). The maximum absolute atomic E-state index is 12.3. The number of carbonyl (C=O) groups excluding carboxylic acids is 1. The molecule has 0 spiro atoms. The molecule has 2 heterocycles. The largest absolute Gasteiger partial charge is 0.497 e. The SMILES string of the molecule is C=CCn1c(SCC(=O)Nc2cccc(OC)c2)nnc1-c1cnccn1. The van der Waals surface area contributed by atoms with E-state index in [0.29, 0.717) is 34.7 Å². The van der Waals surface area contributed by atoms with Gasteiger partial charge in [-0.2, -0.15) is 0 Å². The Morgan fingerprint density at radius 3 is 3.00 bits per heavy atom. The second-order valence-electron chi connectivity index (χ2n) is 5.36. The Bertz CT molecular complexity index is 929. The molecule has 8 nitrogen and oxygen atoms in total. The first kappa shape index (κ1) is 18.6. The Morgan fingerprint density at radius 1 is 1.37 bits per heavy atom. The van der Waals surface area contributed by atoms with E-state index in [9.17, 15) is 4.79 Å². The number of ether oxygens (including phenoxy) is 1. The average molecular weight is 382 g/mol. The number of allylic oxidation sites excluding steroid dienone is 1. The molecule has 1 N–H and O–H groups in total. The van der Waals surface area contributed by atoms with Crippen LogP contribution in [0.3, 0.4) is 0 Å². The average Bonchev–Trinajstić information content (AvgIpc) is 3.10. The summed E-state index contributed by atoms with van der Waals surface area (Å²) in [6.45, 7) is 4.26. The normalized spacial score (nSPS) is 10.4. The molecule has 0 aliphatic carbocycles. The van der Waals surface area contributed by atoms with Crippen LogP contribution in [0.5, 0.6) is 5.75 Å². The molecule has 1 aromatic carbocycles. The Labute approximate surface area is 160 Å². The highest BCUT2D eigenvalue weighted by molar-refractivity contribution is 7.99. The molecule has 27 heavy (non-hydrogen) atoms. The van der Waals surface area contributed by atoms with E-state index in [2.05, 4.69) is 32.1 Å². The predicted octanol–water partition coefficient (Wildman–Crippen LogP) is 2.66. The van der Waals surface area contributed by atoms with E-state index in [1.165, 1.54) is 11.8 Å². The van der Waals surface area contributed by atoms with Gasteiger partial charge in [-0.05, 0) is 12.1 Å². The Morgan fingerprint density at radius 2 is 2.26 bits per heavy atom. The predicted molar refractivity (Wildman–Crippen MR) is 104 cm³/mol. The third kappa shape index (κ3) is 4.70. The van der Waals surface area contributed by atoms with Crippen molar-refractivity contribution in [3.8, 4) is 17.3 Å². The van der Waals surface area contributed by atoms with Crippen molar-refractivity contribution in [3.05, 3.63) is 55.5 Å². The minimum absolute atomic E-state index is 0.151. The van der Waals surface area contributed by atoms with Gasteiger partial charge in [-0.1, -0.05) is 23.9 Å². The molecule has 0 unspecified atom stereocenters. The Balaban J connectivity index is 1.69. The summed E-state index contributed by atoms with van der Waals surface area (Å²) in [5.74, 6) is 1.30. The first-order valence-electron chi connectivity index (χ1n) is 8.08. The van der Waals surface area contributed by atoms with Gasteiger partial charge < -0.3 is 10.1 Å². The van der Waals surface area contributed by atoms with Gasteiger partial charge in [0.05, 0.1) is 19.1 Å². The number of hydrogen-bond donors (Lipinski definition) is 1. The molecular formula is C18H18N6O2S.